The summed E-state index contributed by atoms with van der Waals surface area (Å²) in [6.07, 6.45) is 0. The molecular formula is C23H32N2O4. The Morgan fingerprint density at radius 3 is 2.21 bits per heavy atom. The minimum Gasteiger partial charge on any atom is -0.497 e. The molecule has 1 fully saturated rings. The first-order valence-corrected chi connectivity index (χ1v) is 10.3. The number of hydrogen-bond donors (Lipinski definition) is 1. The molecule has 0 radical (unpaired) electrons. The molecule has 1 N–H and O–H groups in total. The molecule has 1 aliphatic rings. The summed E-state index contributed by atoms with van der Waals surface area (Å²) in [5.41, 5.74) is 2.23. The average Bonchev–Trinajstić information content (AvgIpc) is 2.76. The van der Waals surface area contributed by atoms with E-state index >= 15 is 0 Å². The van der Waals surface area contributed by atoms with E-state index in [4.69, 9.17) is 18.9 Å². The van der Waals surface area contributed by atoms with Gasteiger partial charge < -0.3 is 24.3 Å². The van der Waals surface area contributed by atoms with E-state index in [-0.39, 0.29) is 6.04 Å². The third-order valence-electron chi connectivity index (χ3n) is 5.13. The maximum absolute atomic E-state index is 5.89. The number of nitrogens with one attached hydrogen (secondary N) is 1. The average molecular weight is 401 g/mol. The van der Waals surface area contributed by atoms with Crippen LogP contribution in [0.1, 0.15) is 31.0 Å². The normalized spacial score (nSPS) is 15.6. The summed E-state index contributed by atoms with van der Waals surface area (Å²) < 4.78 is 22.9. The highest BCUT2D eigenvalue weighted by molar-refractivity contribution is 5.50. The van der Waals surface area contributed by atoms with E-state index in [0.717, 1.165) is 60.3 Å². The van der Waals surface area contributed by atoms with Gasteiger partial charge in [0.15, 0.2) is 11.5 Å². The van der Waals surface area contributed by atoms with Crippen LogP contribution in [0.5, 0.6) is 23.0 Å². The van der Waals surface area contributed by atoms with Crippen LogP contribution < -0.4 is 24.3 Å². The topological polar surface area (TPSA) is 52.2 Å². The first-order chi connectivity index (χ1) is 14.2. The molecule has 0 amide bonds. The molecule has 1 atom stereocenters. The Hall–Kier alpha value is -2.44. The fourth-order valence-corrected chi connectivity index (χ4v) is 3.82. The van der Waals surface area contributed by atoms with Crippen LogP contribution in [0, 0.1) is 0 Å². The van der Waals surface area contributed by atoms with E-state index in [9.17, 15) is 0 Å². The lowest BCUT2D eigenvalue weighted by Gasteiger charge is -2.36. The molecule has 158 valence electrons. The predicted octanol–water partition coefficient (Wildman–Crippen LogP) is 3.50. The molecule has 1 unspecified atom stereocenters. The minimum atomic E-state index is 0.0250. The van der Waals surface area contributed by atoms with E-state index in [1.807, 2.05) is 32.0 Å². The Kier molecular flexibility index (Phi) is 7.61. The lowest BCUT2D eigenvalue weighted by atomic mass is 9.94. The molecular weight excluding hydrogens is 368 g/mol. The molecule has 3 rings (SSSR count). The standard InChI is InChI=1S/C23H32N2O4/c1-5-28-21-9-7-17(15-22(21)29-6-2)23(25-13-11-24-12-14-25)19-16-18(26-3)8-10-20(19)27-4/h7-10,15-16,23-24H,5-6,11-14H2,1-4H3. The zero-order valence-corrected chi connectivity index (χ0v) is 17.9. The molecule has 1 saturated heterocycles. The number of benzene rings is 2. The Morgan fingerprint density at radius 2 is 1.55 bits per heavy atom. The van der Waals surface area contributed by atoms with Crippen molar-refractivity contribution in [1.29, 1.82) is 0 Å². The zero-order chi connectivity index (χ0) is 20.6. The smallest absolute Gasteiger partial charge is 0.161 e. The highest BCUT2D eigenvalue weighted by Gasteiger charge is 2.28. The first-order valence-electron chi connectivity index (χ1n) is 10.3. The van der Waals surface area contributed by atoms with Crippen LogP contribution in [0.15, 0.2) is 36.4 Å². The Bertz CT molecular complexity index is 790. The molecule has 29 heavy (non-hydrogen) atoms. The minimum absolute atomic E-state index is 0.0250. The summed E-state index contributed by atoms with van der Waals surface area (Å²) in [6.45, 7) is 8.96. The Balaban J connectivity index is 2.10. The lowest BCUT2D eigenvalue weighted by molar-refractivity contribution is 0.194. The Morgan fingerprint density at radius 1 is 0.862 bits per heavy atom. The van der Waals surface area contributed by atoms with Gasteiger partial charge in [0.25, 0.3) is 0 Å². The maximum Gasteiger partial charge on any atom is 0.161 e. The van der Waals surface area contributed by atoms with Crippen LogP contribution in [-0.2, 0) is 0 Å². The van der Waals surface area contributed by atoms with Gasteiger partial charge in [-0.05, 0) is 49.7 Å². The van der Waals surface area contributed by atoms with Gasteiger partial charge in [-0.1, -0.05) is 6.07 Å². The third kappa shape index (κ3) is 4.95. The van der Waals surface area contributed by atoms with Gasteiger partial charge in [-0.2, -0.15) is 0 Å². The second-order valence-corrected chi connectivity index (χ2v) is 6.87. The molecule has 0 saturated carbocycles. The lowest BCUT2D eigenvalue weighted by Crippen LogP contribution is -2.45. The van der Waals surface area contributed by atoms with E-state index < -0.39 is 0 Å². The molecule has 1 heterocycles. The van der Waals surface area contributed by atoms with Crippen molar-refractivity contribution < 1.29 is 18.9 Å². The van der Waals surface area contributed by atoms with Gasteiger partial charge in [0.2, 0.25) is 0 Å². The van der Waals surface area contributed by atoms with Gasteiger partial charge in [0.1, 0.15) is 11.5 Å². The fourth-order valence-electron chi connectivity index (χ4n) is 3.82. The SMILES string of the molecule is CCOc1ccc(C(c2cc(OC)ccc2OC)N2CCNCC2)cc1OCC. The van der Waals surface area contributed by atoms with Crippen molar-refractivity contribution in [2.45, 2.75) is 19.9 Å². The van der Waals surface area contributed by atoms with Crippen LogP contribution in [-0.4, -0.2) is 58.5 Å². The molecule has 0 spiro atoms. The van der Waals surface area contributed by atoms with Crippen LogP contribution in [0.2, 0.25) is 0 Å². The quantitative estimate of drug-likeness (QED) is 0.695. The monoisotopic (exact) mass is 400 g/mol. The van der Waals surface area contributed by atoms with Gasteiger partial charge in [-0.25, -0.2) is 0 Å². The zero-order valence-electron chi connectivity index (χ0n) is 17.9. The molecule has 6 nitrogen and oxygen atoms in total. The van der Waals surface area contributed by atoms with Crippen molar-refractivity contribution in [3.63, 3.8) is 0 Å². The fraction of sp³-hybridized carbons (Fsp3) is 0.478. The van der Waals surface area contributed by atoms with E-state index in [1.54, 1.807) is 14.2 Å². The number of ether oxygens (including phenoxy) is 4. The number of piperazine rings is 1. The second kappa shape index (κ2) is 10.4. The van der Waals surface area contributed by atoms with Crippen LogP contribution in [0.4, 0.5) is 0 Å². The van der Waals surface area contributed by atoms with Crippen molar-refractivity contribution in [1.82, 2.24) is 10.2 Å². The van der Waals surface area contributed by atoms with Crippen molar-refractivity contribution >= 4 is 0 Å². The Labute approximate surface area is 173 Å². The van der Waals surface area contributed by atoms with Gasteiger partial charge in [-0.15, -0.1) is 0 Å². The highest BCUT2D eigenvalue weighted by atomic mass is 16.5. The molecule has 2 aromatic rings. The summed E-state index contributed by atoms with van der Waals surface area (Å²) in [7, 11) is 3.40. The van der Waals surface area contributed by atoms with E-state index in [0.29, 0.717) is 13.2 Å². The molecule has 6 heteroatoms. The molecule has 0 bridgehead atoms. The first kappa shape index (κ1) is 21.3. The maximum atomic E-state index is 5.89. The van der Waals surface area contributed by atoms with Crippen molar-refractivity contribution in [2.24, 2.45) is 0 Å². The third-order valence-corrected chi connectivity index (χ3v) is 5.13. The van der Waals surface area contributed by atoms with Crippen LogP contribution in [0.25, 0.3) is 0 Å². The molecule has 2 aromatic carbocycles. The molecule has 1 aliphatic heterocycles. The summed E-state index contributed by atoms with van der Waals surface area (Å²) in [5, 5.41) is 3.44. The highest BCUT2D eigenvalue weighted by Crippen LogP contribution is 2.40. The number of rotatable bonds is 9. The van der Waals surface area contributed by atoms with Gasteiger partial charge >= 0.3 is 0 Å². The number of methoxy groups -OCH3 is 2. The summed E-state index contributed by atoms with van der Waals surface area (Å²) in [6, 6.07) is 12.2. The van der Waals surface area contributed by atoms with Crippen molar-refractivity contribution in [2.75, 3.05) is 53.6 Å². The summed E-state index contributed by atoms with van der Waals surface area (Å²) in [4.78, 5) is 2.47. The van der Waals surface area contributed by atoms with E-state index in [2.05, 4.69) is 28.4 Å². The molecule has 0 aliphatic carbocycles. The largest absolute Gasteiger partial charge is 0.497 e. The van der Waals surface area contributed by atoms with Crippen LogP contribution in [0.3, 0.4) is 0 Å². The summed E-state index contributed by atoms with van der Waals surface area (Å²) in [5.74, 6) is 3.21. The summed E-state index contributed by atoms with van der Waals surface area (Å²) >= 11 is 0. The number of nitrogens with zero attached hydrogens (tertiary/aromatic N) is 1. The predicted molar refractivity (Wildman–Crippen MR) is 115 cm³/mol. The van der Waals surface area contributed by atoms with Crippen molar-refractivity contribution in [3.8, 4) is 23.0 Å². The number of hydrogen-bond acceptors (Lipinski definition) is 6. The van der Waals surface area contributed by atoms with E-state index in [1.165, 1.54) is 0 Å². The van der Waals surface area contributed by atoms with Crippen LogP contribution >= 0.6 is 0 Å². The van der Waals surface area contributed by atoms with Crippen molar-refractivity contribution in [3.05, 3.63) is 47.5 Å². The van der Waals surface area contributed by atoms with Gasteiger partial charge in [0, 0.05) is 31.7 Å². The van der Waals surface area contributed by atoms with Gasteiger partial charge in [0.05, 0.1) is 33.5 Å². The molecule has 0 aromatic heterocycles. The second-order valence-electron chi connectivity index (χ2n) is 6.87. The van der Waals surface area contributed by atoms with Gasteiger partial charge in [-0.3, -0.25) is 4.90 Å².